The maximum atomic E-state index is 12.3. The van der Waals surface area contributed by atoms with E-state index in [1.54, 1.807) is 0 Å². The maximum absolute atomic E-state index is 12.3. The van der Waals surface area contributed by atoms with Gasteiger partial charge in [0.15, 0.2) is 5.78 Å². The third kappa shape index (κ3) is 5.28. The molecule has 0 aromatic heterocycles. The first-order valence-electron chi connectivity index (χ1n) is 8.49. The molecule has 1 aliphatic rings. The summed E-state index contributed by atoms with van der Waals surface area (Å²) < 4.78 is 0. The van der Waals surface area contributed by atoms with Crippen molar-refractivity contribution in [1.29, 1.82) is 0 Å². The maximum Gasteiger partial charge on any atom is 0.176 e. The van der Waals surface area contributed by atoms with E-state index in [1.165, 1.54) is 37.7 Å². The van der Waals surface area contributed by atoms with Crippen molar-refractivity contribution in [1.82, 2.24) is 4.90 Å². The van der Waals surface area contributed by atoms with Crippen LogP contribution >= 0.6 is 0 Å². The largest absolute Gasteiger partial charge is 0.299 e. The predicted octanol–water partition coefficient (Wildman–Crippen LogP) is 4.33. The van der Waals surface area contributed by atoms with Gasteiger partial charge in [-0.1, -0.05) is 56.9 Å². The number of nitrogens with zero attached hydrogens (tertiary/aromatic N) is 1. The summed E-state index contributed by atoms with van der Waals surface area (Å²) in [5, 5.41) is 0. The van der Waals surface area contributed by atoms with Gasteiger partial charge in [0.05, 0.1) is 6.54 Å². The number of benzene rings is 1. The van der Waals surface area contributed by atoms with Crippen molar-refractivity contribution < 1.29 is 4.79 Å². The zero-order valence-corrected chi connectivity index (χ0v) is 13.6. The lowest BCUT2D eigenvalue weighted by Crippen LogP contribution is -2.31. The number of aryl methyl sites for hydroxylation is 1. The minimum atomic E-state index is 0.247. The molecule has 21 heavy (non-hydrogen) atoms. The van der Waals surface area contributed by atoms with Crippen molar-refractivity contribution in [3.05, 3.63) is 35.4 Å². The number of Topliss-reactive ketones (excluding diaryl/α,β-unsaturated/α-hetero) is 1. The van der Waals surface area contributed by atoms with Gasteiger partial charge in [-0.3, -0.25) is 9.69 Å². The van der Waals surface area contributed by atoms with E-state index >= 15 is 0 Å². The van der Waals surface area contributed by atoms with Crippen molar-refractivity contribution in [2.75, 3.05) is 20.1 Å². The van der Waals surface area contributed by atoms with Crippen molar-refractivity contribution in [2.24, 2.45) is 5.92 Å². The third-order valence-corrected chi connectivity index (χ3v) is 4.52. The molecule has 1 aromatic carbocycles. The molecule has 0 saturated heterocycles. The lowest BCUT2D eigenvalue weighted by atomic mass is 9.89. The minimum Gasteiger partial charge on any atom is -0.299 e. The topological polar surface area (TPSA) is 20.3 Å². The lowest BCUT2D eigenvalue weighted by molar-refractivity contribution is 0.0932. The molecule has 2 heteroatoms. The number of rotatable bonds is 7. The van der Waals surface area contributed by atoms with Crippen LogP contribution in [0.3, 0.4) is 0 Å². The van der Waals surface area contributed by atoms with Gasteiger partial charge in [-0.05, 0) is 37.8 Å². The second-order valence-corrected chi connectivity index (χ2v) is 6.57. The Morgan fingerprint density at radius 3 is 2.43 bits per heavy atom. The molecule has 0 amide bonds. The molecular weight excluding hydrogens is 258 g/mol. The summed E-state index contributed by atoms with van der Waals surface area (Å²) in [6, 6.07) is 8.17. The van der Waals surface area contributed by atoms with Crippen LogP contribution < -0.4 is 0 Å². The highest BCUT2D eigenvalue weighted by molar-refractivity contribution is 5.97. The van der Waals surface area contributed by atoms with Crippen LogP contribution in [0.5, 0.6) is 0 Å². The molecule has 1 saturated carbocycles. The molecule has 0 N–H and O–H groups in total. The number of hydrogen-bond donors (Lipinski definition) is 0. The highest BCUT2D eigenvalue weighted by Crippen LogP contribution is 2.24. The van der Waals surface area contributed by atoms with E-state index in [0.29, 0.717) is 6.54 Å². The minimum absolute atomic E-state index is 0.247. The van der Waals surface area contributed by atoms with Crippen LogP contribution in [0, 0.1) is 5.92 Å². The Labute approximate surface area is 129 Å². The first-order chi connectivity index (χ1) is 10.2. The molecule has 2 rings (SSSR count). The molecule has 1 aromatic rings. The summed E-state index contributed by atoms with van der Waals surface area (Å²) in [5.41, 5.74) is 2.18. The summed E-state index contributed by atoms with van der Waals surface area (Å²) in [6.45, 7) is 3.79. The van der Waals surface area contributed by atoms with Crippen LogP contribution in [0.1, 0.15) is 61.4 Å². The molecule has 0 heterocycles. The second-order valence-electron chi connectivity index (χ2n) is 6.57. The van der Waals surface area contributed by atoms with E-state index in [2.05, 4.69) is 31.0 Å². The number of ketones is 1. The zero-order chi connectivity index (χ0) is 15.1. The summed E-state index contributed by atoms with van der Waals surface area (Å²) >= 11 is 0. The summed E-state index contributed by atoms with van der Waals surface area (Å²) in [5.74, 6) is 1.04. The van der Waals surface area contributed by atoms with Gasteiger partial charge < -0.3 is 0 Å². The van der Waals surface area contributed by atoms with Crippen molar-refractivity contribution >= 4 is 5.78 Å². The standard InChI is InChI=1S/C19H29NO/c1-3-7-16-10-12-18(13-11-16)19(21)15-20(2)14-17-8-5-4-6-9-17/h10-13,17H,3-9,14-15H2,1-2H3. The highest BCUT2D eigenvalue weighted by atomic mass is 16.1. The van der Waals surface area contributed by atoms with Gasteiger partial charge in [-0.15, -0.1) is 0 Å². The second kappa shape index (κ2) is 8.33. The number of likely N-dealkylation sites (N-methyl/N-ethyl adjacent to an activating group) is 1. The molecule has 0 radical (unpaired) electrons. The zero-order valence-electron chi connectivity index (χ0n) is 13.6. The first kappa shape index (κ1) is 16.2. The molecule has 116 valence electrons. The van der Waals surface area contributed by atoms with E-state index in [9.17, 15) is 4.79 Å². The molecule has 1 aliphatic carbocycles. The van der Waals surface area contributed by atoms with Crippen LogP contribution in [-0.4, -0.2) is 30.8 Å². The molecule has 0 atom stereocenters. The molecule has 1 fully saturated rings. The fraction of sp³-hybridized carbons (Fsp3) is 0.632. The lowest BCUT2D eigenvalue weighted by Gasteiger charge is -2.26. The molecule has 0 unspecified atom stereocenters. The summed E-state index contributed by atoms with van der Waals surface area (Å²) in [4.78, 5) is 14.5. The van der Waals surface area contributed by atoms with Gasteiger partial charge in [0.2, 0.25) is 0 Å². The predicted molar refractivity (Wildman–Crippen MR) is 88.8 cm³/mol. The van der Waals surface area contributed by atoms with Crippen LogP contribution in [0.15, 0.2) is 24.3 Å². The molecule has 0 bridgehead atoms. The number of carbonyl (C=O) groups excluding carboxylic acids is 1. The number of carbonyl (C=O) groups is 1. The van der Waals surface area contributed by atoms with Gasteiger partial charge in [0.25, 0.3) is 0 Å². The Bertz CT molecular complexity index is 431. The van der Waals surface area contributed by atoms with Crippen molar-refractivity contribution in [2.45, 2.75) is 51.9 Å². The van der Waals surface area contributed by atoms with Gasteiger partial charge in [0, 0.05) is 12.1 Å². The normalized spacial score (nSPS) is 16.3. The van der Waals surface area contributed by atoms with Gasteiger partial charge in [0.1, 0.15) is 0 Å². The van der Waals surface area contributed by atoms with E-state index < -0.39 is 0 Å². The fourth-order valence-corrected chi connectivity index (χ4v) is 3.36. The molecule has 0 spiro atoms. The van der Waals surface area contributed by atoms with Gasteiger partial charge >= 0.3 is 0 Å². The van der Waals surface area contributed by atoms with Crippen LogP contribution in [0.25, 0.3) is 0 Å². The Morgan fingerprint density at radius 1 is 1.14 bits per heavy atom. The van der Waals surface area contributed by atoms with E-state index in [0.717, 1.165) is 30.9 Å². The Balaban J connectivity index is 1.82. The van der Waals surface area contributed by atoms with Crippen molar-refractivity contribution in [3.63, 3.8) is 0 Å². The molecule has 0 aliphatic heterocycles. The molecule has 2 nitrogen and oxygen atoms in total. The van der Waals surface area contributed by atoms with Gasteiger partial charge in [-0.2, -0.15) is 0 Å². The van der Waals surface area contributed by atoms with Crippen molar-refractivity contribution in [3.8, 4) is 0 Å². The average molecular weight is 287 g/mol. The van der Waals surface area contributed by atoms with Gasteiger partial charge in [-0.25, -0.2) is 0 Å². The smallest absolute Gasteiger partial charge is 0.176 e. The number of hydrogen-bond acceptors (Lipinski definition) is 2. The Kier molecular flexibility index (Phi) is 6.44. The SMILES string of the molecule is CCCc1ccc(C(=O)CN(C)CC2CCCCC2)cc1. The monoisotopic (exact) mass is 287 g/mol. The fourth-order valence-electron chi connectivity index (χ4n) is 3.36. The third-order valence-electron chi connectivity index (χ3n) is 4.52. The highest BCUT2D eigenvalue weighted by Gasteiger charge is 2.17. The Hall–Kier alpha value is -1.15. The summed E-state index contributed by atoms with van der Waals surface area (Å²) in [6.07, 6.45) is 9.04. The first-order valence-corrected chi connectivity index (χ1v) is 8.49. The van der Waals surface area contributed by atoms with E-state index in [4.69, 9.17) is 0 Å². The summed E-state index contributed by atoms with van der Waals surface area (Å²) in [7, 11) is 2.08. The van der Waals surface area contributed by atoms with E-state index in [1.807, 2.05) is 12.1 Å². The molecular formula is C19H29NO. The quantitative estimate of drug-likeness (QED) is 0.696. The average Bonchev–Trinajstić information content (AvgIpc) is 2.49. The van der Waals surface area contributed by atoms with E-state index in [-0.39, 0.29) is 5.78 Å². The van der Waals surface area contributed by atoms with Crippen LogP contribution in [-0.2, 0) is 6.42 Å². The Morgan fingerprint density at radius 2 is 1.81 bits per heavy atom. The van der Waals surface area contributed by atoms with Crippen LogP contribution in [0.4, 0.5) is 0 Å². The van der Waals surface area contributed by atoms with Crippen LogP contribution in [0.2, 0.25) is 0 Å².